The molecule has 0 aliphatic rings. The van der Waals surface area contributed by atoms with Crippen molar-refractivity contribution in [3.05, 3.63) is 59.7 Å². The number of hydrogen-bond acceptors (Lipinski definition) is 2. The van der Waals surface area contributed by atoms with Crippen LogP contribution >= 0.6 is 0 Å². The molecule has 2 N–H and O–H groups in total. The van der Waals surface area contributed by atoms with Gasteiger partial charge in [0.25, 0.3) is 0 Å². The minimum Gasteiger partial charge on any atom is -0.486 e. The molecule has 106 valence electrons. The fourth-order valence-electron chi connectivity index (χ4n) is 2.15. The van der Waals surface area contributed by atoms with Crippen molar-refractivity contribution in [1.29, 1.82) is 0 Å². The van der Waals surface area contributed by atoms with Crippen molar-refractivity contribution in [3.63, 3.8) is 0 Å². The van der Waals surface area contributed by atoms with E-state index in [4.69, 9.17) is 10.5 Å². The molecule has 2 unspecified atom stereocenters. The first-order chi connectivity index (χ1) is 9.60. The summed E-state index contributed by atoms with van der Waals surface area (Å²) < 4.78 is 5.97. The van der Waals surface area contributed by atoms with E-state index in [1.165, 1.54) is 5.56 Å². The Balaban J connectivity index is 2.04. The standard InChI is InChI=1S/C18H23NO/c1-4-13(2)15-7-11-18(12-8-15)20-14(3)16-5-9-17(19)10-6-16/h5-14H,4,19H2,1-3H3. The molecule has 2 aromatic carbocycles. The molecule has 0 saturated heterocycles. The van der Waals surface area contributed by atoms with Gasteiger partial charge in [0.05, 0.1) is 0 Å². The van der Waals surface area contributed by atoms with Crippen LogP contribution in [0.5, 0.6) is 5.75 Å². The average Bonchev–Trinajstić information content (AvgIpc) is 2.48. The molecule has 2 heteroatoms. The van der Waals surface area contributed by atoms with Gasteiger partial charge >= 0.3 is 0 Å². The topological polar surface area (TPSA) is 35.2 Å². The first kappa shape index (κ1) is 14.4. The predicted octanol–water partition coefficient (Wildman–Crippen LogP) is 4.92. The zero-order valence-corrected chi connectivity index (χ0v) is 12.5. The summed E-state index contributed by atoms with van der Waals surface area (Å²) in [5.74, 6) is 1.50. The van der Waals surface area contributed by atoms with Crippen LogP contribution in [0.25, 0.3) is 0 Å². The Morgan fingerprint density at radius 2 is 1.45 bits per heavy atom. The van der Waals surface area contributed by atoms with Gasteiger partial charge in [-0.1, -0.05) is 38.1 Å². The first-order valence-corrected chi connectivity index (χ1v) is 7.22. The quantitative estimate of drug-likeness (QED) is 0.782. The predicted molar refractivity (Wildman–Crippen MR) is 85.0 cm³/mol. The van der Waals surface area contributed by atoms with E-state index in [2.05, 4.69) is 38.1 Å². The van der Waals surface area contributed by atoms with Crippen molar-refractivity contribution in [3.8, 4) is 5.75 Å². The van der Waals surface area contributed by atoms with Gasteiger partial charge in [-0.3, -0.25) is 0 Å². The molecule has 0 bridgehead atoms. The third-order valence-electron chi connectivity index (χ3n) is 3.78. The molecule has 20 heavy (non-hydrogen) atoms. The summed E-state index contributed by atoms with van der Waals surface area (Å²) in [4.78, 5) is 0. The lowest BCUT2D eigenvalue weighted by atomic mass is 9.99. The van der Waals surface area contributed by atoms with Crippen molar-refractivity contribution in [2.24, 2.45) is 0 Å². The van der Waals surface area contributed by atoms with Crippen LogP contribution in [0.4, 0.5) is 5.69 Å². The maximum absolute atomic E-state index is 5.97. The molecule has 0 aromatic heterocycles. The van der Waals surface area contributed by atoms with Crippen molar-refractivity contribution in [1.82, 2.24) is 0 Å². The summed E-state index contributed by atoms with van der Waals surface area (Å²) in [5, 5.41) is 0. The van der Waals surface area contributed by atoms with Gasteiger partial charge in [0, 0.05) is 5.69 Å². The minimum atomic E-state index is 0.0186. The first-order valence-electron chi connectivity index (χ1n) is 7.22. The van der Waals surface area contributed by atoms with Crippen LogP contribution < -0.4 is 10.5 Å². The second-order valence-electron chi connectivity index (χ2n) is 5.31. The molecule has 0 heterocycles. The van der Waals surface area contributed by atoms with Crippen LogP contribution in [0.3, 0.4) is 0 Å². The Kier molecular flexibility index (Phi) is 4.67. The van der Waals surface area contributed by atoms with E-state index >= 15 is 0 Å². The normalized spacial score (nSPS) is 13.8. The van der Waals surface area contributed by atoms with E-state index in [1.54, 1.807) is 0 Å². The van der Waals surface area contributed by atoms with E-state index in [-0.39, 0.29) is 6.10 Å². The zero-order valence-electron chi connectivity index (χ0n) is 12.5. The SMILES string of the molecule is CCC(C)c1ccc(OC(C)c2ccc(N)cc2)cc1. The molecule has 0 saturated carbocycles. The Hall–Kier alpha value is -1.96. The Labute approximate surface area is 121 Å². The molecule has 0 radical (unpaired) electrons. The van der Waals surface area contributed by atoms with Gasteiger partial charge in [-0.25, -0.2) is 0 Å². The van der Waals surface area contributed by atoms with E-state index in [0.29, 0.717) is 5.92 Å². The van der Waals surface area contributed by atoms with Crippen LogP contribution in [-0.4, -0.2) is 0 Å². The molecule has 0 fully saturated rings. The molecule has 0 amide bonds. The van der Waals surface area contributed by atoms with Crippen LogP contribution in [-0.2, 0) is 0 Å². The smallest absolute Gasteiger partial charge is 0.121 e. The highest BCUT2D eigenvalue weighted by atomic mass is 16.5. The lowest BCUT2D eigenvalue weighted by Crippen LogP contribution is -2.03. The van der Waals surface area contributed by atoms with Gasteiger partial charge in [-0.2, -0.15) is 0 Å². The number of benzene rings is 2. The maximum Gasteiger partial charge on any atom is 0.121 e. The van der Waals surface area contributed by atoms with E-state index in [0.717, 1.165) is 23.4 Å². The molecule has 2 rings (SSSR count). The van der Waals surface area contributed by atoms with E-state index in [9.17, 15) is 0 Å². The summed E-state index contributed by atoms with van der Waals surface area (Å²) in [6, 6.07) is 16.2. The number of nitrogens with two attached hydrogens (primary N) is 1. The molecule has 2 atom stereocenters. The summed E-state index contributed by atoms with van der Waals surface area (Å²) in [5.41, 5.74) is 8.96. The highest BCUT2D eigenvalue weighted by Crippen LogP contribution is 2.25. The van der Waals surface area contributed by atoms with Crippen LogP contribution in [0.2, 0.25) is 0 Å². The van der Waals surface area contributed by atoms with Crippen molar-refractivity contribution in [2.45, 2.75) is 39.2 Å². The van der Waals surface area contributed by atoms with Gasteiger partial charge < -0.3 is 10.5 Å². The average molecular weight is 269 g/mol. The number of nitrogen functional groups attached to an aromatic ring is 1. The van der Waals surface area contributed by atoms with Gasteiger partial charge in [0.2, 0.25) is 0 Å². The summed E-state index contributed by atoms with van der Waals surface area (Å²) in [7, 11) is 0. The van der Waals surface area contributed by atoms with Gasteiger partial charge in [-0.15, -0.1) is 0 Å². The molecule has 0 spiro atoms. The number of hydrogen-bond donors (Lipinski definition) is 1. The second-order valence-corrected chi connectivity index (χ2v) is 5.31. The minimum absolute atomic E-state index is 0.0186. The molecule has 2 nitrogen and oxygen atoms in total. The largest absolute Gasteiger partial charge is 0.486 e. The number of rotatable bonds is 5. The van der Waals surface area contributed by atoms with Crippen molar-refractivity contribution in [2.75, 3.05) is 5.73 Å². The molecular formula is C18H23NO. The van der Waals surface area contributed by atoms with Crippen LogP contribution in [0.1, 0.15) is 50.3 Å². The van der Waals surface area contributed by atoms with Crippen molar-refractivity contribution < 1.29 is 4.74 Å². The van der Waals surface area contributed by atoms with Crippen molar-refractivity contribution >= 4 is 5.69 Å². The lowest BCUT2D eigenvalue weighted by molar-refractivity contribution is 0.227. The lowest BCUT2D eigenvalue weighted by Gasteiger charge is -2.16. The summed E-state index contributed by atoms with van der Waals surface area (Å²) >= 11 is 0. The number of ether oxygens (including phenoxy) is 1. The monoisotopic (exact) mass is 269 g/mol. The highest BCUT2D eigenvalue weighted by molar-refractivity contribution is 5.40. The third-order valence-corrected chi connectivity index (χ3v) is 3.78. The van der Waals surface area contributed by atoms with Crippen LogP contribution in [0.15, 0.2) is 48.5 Å². The highest BCUT2D eigenvalue weighted by Gasteiger charge is 2.08. The molecular weight excluding hydrogens is 246 g/mol. The maximum atomic E-state index is 5.97. The van der Waals surface area contributed by atoms with Crippen LogP contribution in [0, 0.1) is 0 Å². The summed E-state index contributed by atoms with van der Waals surface area (Å²) in [6.45, 7) is 6.50. The molecule has 0 aliphatic heterocycles. The number of anilines is 1. The Morgan fingerprint density at radius 3 is 2.00 bits per heavy atom. The fraction of sp³-hybridized carbons (Fsp3) is 0.333. The Bertz CT molecular complexity index is 530. The third kappa shape index (κ3) is 3.53. The molecule has 2 aromatic rings. The zero-order chi connectivity index (χ0) is 14.5. The Morgan fingerprint density at radius 1 is 0.900 bits per heavy atom. The molecule has 0 aliphatic carbocycles. The van der Waals surface area contributed by atoms with E-state index < -0.39 is 0 Å². The summed E-state index contributed by atoms with van der Waals surface area (Å²) in [6.07, 6.45) is 1.17. The van der Waals surface area contributed by atoms with Gasteiger partial charge in [0.1, 0.15) is 11.9 Å². The van der Waals surface area contributed by atoms with Gasteiger partial charge in [0.15, 0.2) is 0 Å². The second kappa shape index (κ2) is 6.47. The van der Waals surface area contributed by atoms with E-state index in [1.807, 2.05) is 31.2 Å². The van der Waals surface area contributed by atoms with Gasteiger partial charge in [-0.05, 0) is 54.7 Å². The fourth-order valence-corrected chi connectivity index (χ4v) is 2.15.